The maximum atomic E-state index is 12.6. The summed E-state index contributed by atoms with van der Waals surface area (Å²) in [4.78, 5) is 26.3. The highest BCUT2D eigenvalue weighted by molar-refractivity contribution is 7.13. The van der Waals surface area contributed by atoms with Crippen LogP contribution in [-0.4, -0.2) is 42.1 Å². The van der Waals surface area contributed by atoms with E-state index in [1.54, 1.807) is 17.5 Å². The molecule has 2 aliphatic rings. The Labute approximate surface area is 158 Å². The van der Waals surface area contributed by atoms with Gasteiger partial charge in [0.15, 0.2) is 5.13 Å². The number of carbonyl (C=O) groups is 1. The number of anilines is 2. The molecule has 0 radical (unpaired) electrons. The highest BCUT2D eigenvalue weighted by atomic mass is 32.1. The zero-order valence-electron chi connectivity index (χ0n) is 14.9. The molecule has 2 fully saturated rings. The van der Waals surface area contributed by atoms with Crippen molar-refractivity contribution in [1.82, 2.24) is 15.3 Å². The highest BCUT2D eigenvalue weighted by Crippen LogP contribution is 2.25. The molecule has 0 saturated carbocycles. The molecule has 2 saturated heterocycles. The molecule has 0 spiro atoms. The van der Waals surface area contributed by atoms with E-state index in [1.807, 2.05) is 18.2 Å². The van der Waals surface area contributed by atoms with Gasteiger partial charge in [-0.1, -0.05) is 6.07 Å². The quantitative estimate of drug-likeness (QED) is 0.876. The average Bonchev–Trinajstić information content (AvgIpc) is 3.38. The number of hydrogen-bond acceptors (Lipinski definition) is 6. The third-order valence-electron chi connectivity index (χ3n) is 5.13. The molecule has 4 heterocycles. The molecule has 6 nitrogen and oxygen atoms in total. The van der Waals surface area contributed by atoms with Gasteiger partial charge in [-0.3, -0.25) is 4.79 Å². The lowest BCUT2D eigenvalue weighted by Gasteiger charge is -2.32. The molecule has 7 heteroatoms. The first-order valence-electron chi connectivity index (χ1n) is 9.42. The first-order valence-corrected chi connectivity index (χ1v) is 10.3. The normalized spacial score (nSPS) is 20.4. The summed E-state index contributed by atoms with van der Waals surface area (Å²) in [5.41, 5.74) is 0.961. The van der Waals surface area contributed by atoms with Gasteiger partial charge in [-0.25, -0.2) is 9.97 Å². The zero-order chi connectivity index (χ0) is 17.8. The highest BCUT2D eigenvalue weighted by Gasteiger charge is 2.26. The van der Waals surface area contributed by atoms with Crippen LogP contribution in [0.2, 0.25) is 0 Å². The Bertz CT molecular complexity index is 729. The predicted octanol–water partition coefficient (Wildman–Crippen LogP) is 2.67. The Balaban J connectivity index is 1.30. The predicted molar refractivity (Wildman–Crippen MR) is 105 cm³/mol. The number of rotatable bonds is 5. The fourth-order valence-electron chi connectivity index (χ4n) is 3.69. The van der Waals surface area contributed by atoms with Gasteiger partial charge in [0.25, 0.3) is 0 Å². The van der Waals surface area contributed by atoms with Gasteiger partial charge in [-0.2, -0.15) is 0 Å². The molecule has 2 aliphatic heterocycles. The van der Waals surface area contributed by atoms with Gasteiger partial charge in [-0.15, -0.1) is 11.3 Å². The number of nitrogens with zero attached hydrogens (tertiary/aromatic N) is 4. The molecule has 0 unspecified atom stereocenters. The summed E-state index contributed by atoms with van der Waals surface area (Å²) >= 11 is 1.68. The first kappa shape index (κ1) is 17.3. The Morgan fingerprint density at radius 2 is 2.04 bits per heavy atom. The summed E-state index contributed by atoms with van der Waals surface area (Å²) in [6, 6.07) is 5.92. The number of piperidine rings is 1. The van der Waals surface area contributed by atoms with Gasteiger partial charge >= 0.3 is 0 Å². The lowest BCUT2D eigenvalue weighted by molar-refractivity contribution is -0.125. The molecule has 0 aliphatic carbocycles. The minimum atomic E-state index is 0.0162. The SMILES string of the molecule is O=C(NCc1csc(N2CCCC2)n1)[C@H]1CCCN(c2ccccn2)C1. The summed E-state index contributed by atoms with van der Waals surface area (Å²) in [6.45, 7) is 4.42. The number of amides is 1. The van der Waals surface area contributed by atoms with Crippen LogP contribution in [0.15, 0.2) is 29.8 Å². The average molecular weight is 372 g/mol. The summed E-state index contributed by atoms with van der Waals surface area (Å²) < 4.78 is 0. The van der Waals surface area contributed by atoms with Crippen molar-refractivity contribution in [2.45, 2.75) is 32.2 Å². The van der Waals surface area contributed by atoms with Crippen LogP contribution in [0.4, 0.5) is 10.9 Å². The van der Waals surface area contributed by atoms with E-state index in [2.05, 4.69) is 30.5 Å². The molecule has 2 aromatic rings. The number of nitrogens with one attached hydrogen (secondary N) is 1. The van der Waals surface area contributed by atoms with Crippen LogP contribution in [0, 0.1) is 5.92 Å². The Morgan fingerprint density at radius 1 is 1.19 bits per heavy atom. The monoisotopic (exact) mass is 371 g/mol. The van der Waals surface area contributed by atoms with E-state index >= 15 is 0 Å². The van der Waals surface area contributed by atoms with Crippen molar-refractivity contribution < 1.29 is 4.79 Å². The van der Waals surface area contributed by atoms with E-state index < -0.39 is 0 Å². The molecular weight excluding hydrogens is 346 g/mol. The minimum absolute atomic E-state index is 0.0162. The van der Waals surface area contributed by atoms with Crippen molar-refractivity contribution in [2.24, 2.45) is 5.92 Å². The summed E-state index contributed by atoms with van der Waals surface area (Å²) in [6.07, 6.45) is 6.26. The van der Waals surface area contributed by atoms with E-state index in [-0.39, 0.29) is 11.8 Å². The fraction of sp³-hybridized carbons (Fsp3) is 0.526. The van der Waals surface area contributed by atoms with Crippen LogP contribution in [-0.2, 0) is 11.3 Å². The van der Waals surface area contributed by atoms with Gasteiger partial charge in [-0.05, 0) is 37.8 Å². The number of thiazole rings is 1. The lowest BCUT2D eigenvalue weighted by atomic mass is 9.97. The second-order valence-corrected chi connectivity index (χ2v) is 7.84. The Morgan fingerprint density at radius 3 is 2.85 bits per heavy atom. The van der Waals surface area contributed by atoms with E-state index in [9.17, 15) is 4.79 Å². The second kappa shape index (κ2) is 8.03. The van der Waals surface area contributed by atoms with Crippen LogP contribution in [0.1, 0.15) is 31.4 Å². The van der Waals surface area contributed by atoms with Crippen LogP contribution in [0.25, 0.3) is 0 Å². The summed E-state index contributed by atoms with van der Waals surface area (Å²) in [5.74, 6) is 1.10. The number of hydrogen-bond donors (Lipinski definition) is 1. The molecule has 2 aromatic heterocycles. The van der Waals surface area contributed by atoms with Crippen molar-refractivity contribution in [3.8, 4) is 0 Å². The summed E-state index contributed by atoms with van der Waals surface area (Å²) in [5, 5.41) is 6.24. The molecule has 138 valence electrons. The van der Waals surface area contributed by atoms with Crippen molar-refractivity contribution >= 4 is 28.2 Å². The molecular formula is C19H25N5OS. The lowest BCUT2D eigenvalue weighted by Crippen LogP contribution is -2.43. The molecule has 0 bridgehead atoms. The smallest absolute Gasteiger partial charge is 0.225 e. The van der Waals surface area contributed by atoms with Crippen LogP contribution in [0.5, 0.6) is 0 Å². The van der Waals surface area contributed by atoms with E-state index in [0.717, 1.165) is 55.7 Å². The van der Waals surface area contributed by atoms with E-state index in [4.69, 9.17) is 0 Å². The minimum Gasteiger partial charge on any atom is -0.356 e. The number of pyridine rings is 1. The van der Waals surface area contributed by atoms with Gasteiger partial charge in [0.2, 0.25) is 5.91 Å². The number of carbonyl (C=O) groups excluding carboxylic acids is 1. The molecule has 26 heavy (non-hydrogen) atoms. The summed E-state index contributed by atoms with van der Waals surface area (Å²) in [7, 11) is 0. The maximum Gasteiger partial charge on any atom is 0.225 e. The largest absolute Gasteiger partial charge is 0.356 e. The van der Waals surface area contributed by atoms with Gasteiger partial charge < -0.3 is 15.1 Å². The molecule has 4 rings (SSSR count). The van der Waals surface area contributed by atoms with Crippen molar-refractivity contribution in [1.29, 1.82) is 0 Å². The third kappa shape index (κ3) is 3.98. The van der Waals surface area contributed by atoms with E-state index in [0.29, 0.717) is 6.54 Å². The van der Waals surface area contributed by atoms with Crippen molar-refractivity contribution in [2.75, 3.05) is 36.0 Å². The van der Waals surface area contributed by atoms with Gasteiger partial charge in [0.05, 0.1) is 18.2 Å². The van der Waals surface area contributed by atoms with Crippen LogP contribution in [0.3, 0.4) is 0 Å². The second-order valence-electron chi connectivity index (χ2n) is 7.01. The Hall–Kier alpha value is -2.15. The molecule has 1 amide bonds. The molecule has 0 aromatic carbocycles. The van der Waals surface area contributed by atoms with Crippen molar-refractivity contribution in [3.63, 3.8) is 0 Å². The van der Waals surface area contributed by atoms with E-state index in [1.165, 1.54) is 12.8 Å². The third-order valence-corrected chi connectivity index (χ3v) is 6.08. The topological polar surface area (TPSA) is 61.4 Å². The fourth-order valence-corrected chi connectivity index (χ4v) is 4.57. The van der Waals surface area contributed by atoms with Gasteiger partial charge in [0, 0.05) is 37.8 Å². The molecule has 1 atom stereocenters. The Kier molecular flexibility index (Phi) is 5.34. The van der Waals surface area contributed by atoms with Gasteiger partial charge in [0.1, 0.15) is 5.82 Å². The molecule has 1 N–H and O–H groups in total. The standard InChI is InChI=1S/C19H25N5OS/c25-18(15-6-5-11-24(13-15)17-7-1-2-8-20-17)21-12-16-14-26-19(22-16)23-9-3-4-10-23/h1-2,7-8,14-15H,3-6,9-13H2,(H,21,25)/t15-/m0/s1. The maximum absolute atomic E-state index is 12.6. The van der Waals surface area contributed by atoms with Crippen molar-refractivity contribution in [3.05, 3.63) is 35.5 Å². The number of aromatic nitrogens is 2. The van der Waals surface area contributed by atoms with Crippen LogP contribution >= 0.6 is 11.3 Å². The van der Waals surface area contributed by atoms with Crippen LogP contribution < -0.4 is 15.1 Å². The zero-order valence-corrected chi connectivity index (χ0v) is 15.7. The first-order chi connectivity index (χ1) is 12.8.